The second-order valence-corrected chi connectivity index (χ2v) is 7.00. The minimum Gasteiger partial charge on any atom is -0.465 e. The number of nitrogens with zero attached hydrogens (tertiary/aromatic N) is 1. The van der Waals surface area contributed by atoms with Crippen molar-refractivity contribution in [1.29, 1.82) is 0 Å². The van der Waals surface area contributed by atoms with Gasteiger partial charge >= 0.3 is 12.0 Å². The van der Waals surface area contributed by atoms with Gasteiger partial charge in [0.2, 0.25) is 0 Å². The first kappa shape index (κ1) is 18.7. The van der Waals surface area contributed by atoms with Crippen LogP contribution in [0.2, 0.25) is 10.0 Å². The lowest BCUT2D eigenvalue weighted by Gasteiger charge is -2.30. The molecule has 1 heterocycles. The summed E-state index contributed by atoms with van der Waals surface area (Å²) in [5.74, 6) is -0.662. The molecule has 2 unspecified atom stereocenters. The Balaban J connectivity index is 2.26. The van der Waals surface area contributed by atoms with Crippen molar-refractivity contribution in [2.24, 2.45) is 16.8 Å². The molecule has 0 radical (unpaired) electrons. The smallest absolute Gasteiger partial charge is 0.341 e. The van der Waals surface area contributed by atoms with Crippen LogP contribution < -0.4 is 5.32 Å². The van der Waals surface area contributed by atoms with Gasteiger partial charge in [-0.2, -0.15) is 0 Å². The third-order valence-electron chi connectivity index (χ3n) is 3.84. The van der Waals surface area contributed by atoms with Gasteiger partial charge in [0.05, 0.1) is 22.7 Å². The predicted molar refractivity (Wildman–Crippen MR) is 94.7 cm³/mol. The summed E-state index contributed by atoms with van der Waals surface area (Å²) in [4.78, 5) is 28.1. The maximum atomic E-state index is 12.5. The lowest BCUT2D eigenvalue weighted by molar-refractivity contribution is -0.147. The van der Waals surface area contributed by atoms with Gasteiger partial charge in [-0.05, 0) is 37.0 Å². The van der Waals surface area contributed by atoms with Crippen LogP contribution in [0.4, 0.5) is 4.79 Å². The van der Waals surface area contributed by atoms with Gasteiger partial charge in [-0.3, -0.25) is 4.79 Å². The molecule has 0 spiro atoms. The number of carbonyl (C=O) groups is 2. The van der Waals surface area contributed by atoms with Crippen LogP contribution in [0.3, 0.4) is 0 Å². The van der Waals surface area contributed by atoms with Crippen molar-refractivity contribution in [3.8, 4) is 0 Å². The molecule has 2 atom stereocenters. The number of hydrogen-bond acceptors (Lipinski definition) is 3. The van der Waals surface area contributed by atoms with Crippen molar-refractivity contribution >= 4 is 40.9 Å². The molecule has 5 nitrogen and oxygen atoms in total. The normalized spacial score (nSPS) is 20.6. The number of carbonyl (C=O) groups excluding carboxylic acids is 2. The molecule has 1 aliphatic rings. The number of rotatable bonds is 5. The van der Waals surface area contributed by atoms with Gasteiger partial charge in [0.15, 0.2) is 0 Å². The van der Waals surface area contributed by atoms with Gasteiger partial charge in [-0.1, -0.05) is 43.1 Å². The van der Waals surface area contributed by atoms with Crippen LogP contribution in [0.15, 0.2) is 23.2 Å². The van der Waals surface area contributed by atoms with E-state index >= 15 is 0 Å². The molecule has 0 aromatic heterocycles. The highest BCUT2D eigenvalue weighted by Gasteiger charge is 2.38. The van der Waals surface area contributed by atoms with Crippen molar-refractivity contribution in [3.05, 3.63) is 33.8 Å². The Morgan fingerprint density at radius 1 is 1.33 bits per heavy atom. The van der Waals surface area contributed by atoms with Crippen LogP contribution in [0, 0.1) is 11.8 Å². The second-order valence-electron chi connectivity index (χ2n) is 6.18. The Morgan fingerprint density at radius 2 is 2.04 bits per heavy atom. The fraction of sp³-hybridized carbons (Fsp3) is 0.471. The van der Waals surface area contributed by atoms with E-state index in [-0.39, 0.29) is 0 Å². The topological polar surface area (TPSA) is 67.8 Å². The van der Waals surface area contributed by atoms with Crippen LogP contribution >= 0.6 is 23.2 Å². The van der Waals surface area contributed by atoms with Crippen molar-refractivity contribution in [2.75, 3.05) is 6.61 Å². The van der Waals surface area contributed by atoms with Crippen LogP contribution in [0.1, 0.15) is 38.8 Å². The zero-order chi connectivity index (χ0) is 17.9. The Morgan fingerprint density at radius 3 is 2.67 bits per heavy atom. The lowest BCUT2D eigenvalue weighted by atomic mass is 9.88. The molecule has 0 saturated carbocycles. The van der Waals surface area contributed by atoms with E-state index in [1.807, 2.05) is 0 Å². The van der Waals surface area contributed by atoms with Crippen LogP contribution in [-0.4, -0.2) is 24.3 Å². The minimum absolute atomic E-state index is 0.336. The van der Waals surface area contributed by atoms with E-state index in [9.17, 15) is 9.59 Å². The summed E-state index contributed by atoms with van der Waals surface area (Å²) in [5, 5.41) is 3.47. The number of esters is 1. The van der Waals surface area contributed by atoms with E-state index in [4.69, 9.17) is 27.9 Å². The minimum atomic E-state index is -0.688. The molecule has 0 fully saturated rings. The van der Waals surface area contributed by atoms with Crippen molar-refractivity contribution in [3.63, 3.8) is 0 Å². The number of aliphatic imine (C=N–C) groups is 1. The quantitative estimate of drug-likeness (QED) is 0.779. The second kappa shape index (κ2) is 7.99. The van der Waals surface area contributed by atoms with E-state index in [0.717, 1.165) is 6.42 Å². The number of ether oxygens (including phenoxy) is 1. The van der Waals surface area contributed by atoms with Gasteiger partial charge in [0.1, 0.15) is 5.92 Å². The van der Waals surface area contributed by atoms with E-state index in [1.54, 1.807) is 25.1 Å². The van der Waals surface area contributed by atoms with Crippen molar-refractivity contribution in [2.45, 2.75) is 33.2 Å². The Kier molecular flexibility index (Phi) is 6.24. The van der Waals surface area contributed by atoms with Crippen molar-refractivity contribution in [1.82, 2.24) is 5.32 Å². The number of nitrogens with one attached hydrogen (secondary N) is 1. The first-order valence-electron chi connectivity index (χ1n) is 7.77. The van der Waals surface area contributed by atoms with Crippen LogP contribution in [0.5, 0.6) is 0 Å². The highest BCUT2D eigenvalue weighted by molar-refractivity contribution is 6.42. The summed E-state index contributed by atoms with van der Waals surface area (Å²) in [5.41, 5.74) is 1.10. The highest BCUT2D eigenvalue weighted by atomic mass is 35.5. The molecule has 0 saturated heterocycles. The molecule has 24 heavy (non-hydrogen) atoms. The Labute approximate surface area is 151 Å². The molecular formula is C17H20Cl2N2O3. The first-order valence-corrected chi connectivity index (χ1v) is 8.52. The largest absolute Gasteiger partial charge is 0.465 e. The zero-order valence-electron chi connectivity index (χ0n) is 13.8. The average Bonchev–Trinajstić information content (AvgIpc) is 2.48. The molecule has 7 heteroatoms. The van der Waals surface area contributed by atoms with Gasteiger partial charge in [-0.25, -0.2) is 9.79 Å². The number of benzene rings is 1. The number of amides is 2. The molecule has 0 aliphatic carbocycles. The average molecular weight is 371 g/mol. The van der Waals surface area contributed by atoms with Gasteiger partial charge < -0.3 is 10.1 Å². The fourth-order valence-corrected chi connectivity index (χ4v) is 2.80. The summed E-state index contributed by atoms with van der Waals surface area (Å²) < 4.78 is 5.37. The van der Waals surface area contributed by atoms with E-state index in [2.05, 4.69) is 24.2 Å². The third-order valence-corrected chi connectivity index (χ3v) is 4.58. The summed E-state index contributed by atoms with van der Waals surface area (Å²) in [6, 6.07) is 3.92. The first-order chi connectivity index (χ1) is 11.3. The van der Waals surface area contributed by atoms with E-state index in [0.29, 0.717) is 33.8 Å². The monoisotopic (exact) mass is 370 g/mol. The predicted octanol–water partition coefficient (Wildman–Crippen LogP) is 4.42. The van der Waals surface area contributed by atoms with Gasteiger partial charge in [0.25, 0.3) is 0 Å². The van der Waals surface area contributed by atoms with Crippen molar-refractivity contribution < 1.29 is 14.3 Å². The van der Waals surface area contributed by atoms with Crippen LogP contribution in [-0.2, 0) is 9.53 Å². The molecule has 2 amide bonds. The number of urea groups is 1. The number of halogens is 2. The molecule has 1 aliphatic heterocycles. The molecular weight excluding hydrogens is 351 g/mol. The Bertz CT molecular complexity index is 674. The van der Waals surface area contributed by atoms with E-state index < -0.39 is 24.0 Å². The number of hydrogen-bond donors (Lipinski definition) is 1. The van der Waals surface area contributed by atoms with Crippen LogP contribution in [0.25, 0.3) is 0 Å². The maximum absolute atomic E-state index is 12.5. The molecule has 1 N–H and O–H groups in total. The molecule has 0 bridgehead atoms. The zero-order valence-corrected chi connectivity index (χ0v) is 15.3. The SMILES string of the molecule is CC1=NC(=O)NC(c2ccc(Cl)c(Cl)c2)C1C(=O)OCCC(C)C. The molecule has 1 aromatic rings. The lowest BCUT2D eigenvalue weighted by Crippen LogP contribution is -2.44. The maximum Gasteiger partial charge on any atom is 0.341 e. The highest BCUT2D eigenvalue weighted by Crippen LogP contribution is 2.32. The molecule has 2 rings (SSSR count). The van der Waals surface area contributed by atoms with Gasteiger partial charge in [0, 0.05) is 5.71 Å². The fourth-order valence-electron chi connectivity index (χ4n) is 2.49. The summed E-state index contributed by atoms with van der Waals surface area (Å²) in [6.07, 6.45) is 0.776. The summed E-state index contributed by atoms with van der Waals surface area (Å²) in [7, 11) is 0. The third kappa shape index (κ3) is 4.48. The summed E-state index contributed by atoms with van der Waals surface area (Å²) >= 11 is 12.0. The molecule has 130 valence electrons. The Hall–Kier alpha value is -1.59. The molecule has 1 aromatic carbocycles. The standard InChI is InChI=1S/C17H20Cl2N2O3/c1-9(2)6-7-24-16(22)14-10(3)20-17(23)21-15(14)11-4-5-12(18)13(19)8-11/h4-5,8-9,14-15H,6-7H2,1-3H3,(H,21,23). The van der Waals surface area contributed by atoms with Gasteiger partial charge in [-0.15, -0.1) is 0 Å². The van der Waals surface area contributed by atoms with E-state index in [1.165, 1.54) is 0 Å². The summed E-state index contributed by atoms with van der Waals surface area (Å²) in [6.45, 7) is 6.10.